The summed E-state index contributed by atoms with van der Waals surface area (Å²) in [6.07, 6.45) is -3.73. The fraction of sp³-hybridized carbons (Fsp3) is 0.600. The van der Waals surface area contributed by atoms with Gasteiger partial charge in [0.05, 0.1) is 25.8 Å². The van der Waals surface area contributed by atoms with Crippen LogP contribution < -0.4 is 15.4 Å². The van der Waals surface area contributed by atoms with E-state index in [0.717, 1.165) is 26.7 Å². The molecule has 0 saturated heterocycles. The summed E-state index contributed by atoms with van der Waals surface area (Å²) in [6, 6.07) is 4.68. The summed E-state index contributed by atoms with van der Waals surface area (Å²) >= 11 is 0. The van der Waals surface area contributed by atoms with Crippen LogP contribution in [0.3, 0.4) is 0 Å². The molecule has 1 unspecified atom stereocenters. The van der Waals surface area contributed by atoms with E-state index in [1.54, 1.807) is 12.1 Å². The molecule has 2 atom stereocenters. The van der Waals surface area contributed by atoms with Gasteiger partial charge < -0.3 is 19.5 Å². The third-order valence-electron chi connectivity index (χ3n) is 5.36. The third-order valence-corrected chi connectivity index (χ3v) is 5.36. The summed E-state index contributed by atoms with van der Waals surface area (Å²) in [5.74, 6) is 0.720. The van der Waals surface area contributed by atoms with Gasteiger partial charge in [0, 0.05) is 11.6 Å². The molecule has 2 aliphatic rings. The Hall–Kier alpha value is -2.65. The average molecular weight is 430 g/mol. The largest absolute Gasteiger partial charge is 0.486 e. The minimum Gasteiger partial charge on any atom is -0.486 e. The number of rotatable bonds is 6. The second-order valence-electron chi connectivity index (χ2n) is 8.05. The van der Waals surface area contributed by atoms with Crippen molar-refractivity contribution in [3.63, 3.8) is 0 Å². The number of fused-ring (bicyclic) bond motifs is 1. The van der Waals surface area contributed by atoms with Gasteiger partial charge >= 0.3 is 18.2 Å². The fourth-order valence-electron chi connectivity index (χ4n) is 3.34. The number of anilines is 2. The number of nitrogens with one attached hydrogen (secondary N) is 2. The monoisotopic (exact) mass is 430 g/mol. The van der Waals surface area contributed by atoms with Gasteiger partial charge in [-0.25, -0.2) is 4.79 Å². The first-order valence-electron chi connectivity index (χ1n) is 9.68. The van der Waals surface area contributed by atoms with Crippen LogP contribution in [0.25, 0.3) is 0 Å². The van der Waals surface area contributed by atoms with Gasteiger partial charge in [0.1, 0.15) is 11.9 Å². The molecular formula is C20H25F3N2O5. The molecule has 30 heavy (non-hydrogen) atoms. The highest BCUT2D eigenvalue weighted by Crippen LogP contribution is 2.43. The summed E-state index contributed by atoms with van der Waals surface area (Å²) in [4.78, 5) is 23.6. The van der Waals surface area contributed by atoms with Gasteiger partial charge in [0.15, 0.2) is 0 Å². The minimum atomic E-state index is -4.69. The first-order valence-corrected chi connectivity index (χ1v) is 9.68. The molecule has 1 aliphatic heterocycles. The molecule has 1 heterocycles. The van der Waals surface area contributed by atoms with Gasteiger partial charge in [-0.2, -0.15) is 13.2 Å². The fourth-order valence-corrected chi connectivity index (χ4v) is 3.34. The topological polar surface area (TPSA) is 85.9 Å². The summed E-state index contributed by atoms with van der Waals surface area (Å²) in [7, 11) is 1.36. The zero-order valence-electron chi connectivity index (χ0n) is 17.0. The number of halogens is 3. The van der Waals surface area contributed by atoms with Crippen LogP contribution in [0.1, 0.15) is 33.1 Å². The first-order chi connectivity index (χ1) is 14.0. The Morgan fingerprint density at radius 1 is 1.30 bits per heavy atom. The SMILES string of the molecule is COC(=O)CC(C1CC1)[C@H]1CNc2cc(NC(=O)OC(C)(C)C(F)(F)F)ccc2O1. The lowest BCUT2D eigenvalue weighted by molar-refractivity contribution is -0.242. The van der Waals surface area contributed by atoms with Crippen LogP contribution in [0.15, 0.2) is 18.2 Å². The molecule has 2 N–H and O–H groups in total. The number of amides is 1. The third kappa shape index (κ3) is 5.09. The van der Waals surface area contributed by atoms with Crippen molar-refractivity contribution in [3.05, 3.63) is 18.2 Å². The van der Waals surface area contributed by atoms with Gasteiger partial charge in [0.25, 0.3) is 0 Å². The highest BCUT2D eigenvalue weighted by Gasteiger charge is 2.51. The van der Waals surface area contributed by atoms with E-state index in [1.807, 2.05) is 0 Å². The van der Waals surface area contributed by atoms with E-state index in [1.165, 1.54) is 13.2 Å². The van der Waals surface area contributed by atoms with Crippen LogP contribution in [0.2, 0.25) is 0 Å². The molecule has 0 spiro atoms. The van der Waals surface area contributed by atoms with Gasteiger partial charge in [-0.15, -0.1) is 0 Å². The molecular weight excluding hydrogens is 405 g/mol. The smallest absolute Gasteiger partial charge is 0.427 e. The molecule has 7 nitrogen and oxygen atoms in total. The maximum absolute atomic E-state index is 12.9. The van der Waals surface area contributed by atoms with Crippen molar-refractivity contribution in [2.75, 3.05) is 24.3 Å². The van der Waals surface area contributed by atoms with Crippen LogP contribution >= 0.6 is 0 Å². The molecule has 1 amide bonds. The second kappa shape index (κ2) is 8.23. The maximum atomic E-state index is 12.9. The molecule has 1 aromatic carbocycles. The van der Waals surface area contributed by atoms with E-state index in [-0.39, 0.29) is 30.1 Å². The lowest BCUT2D eigenvalue weighted by Crippen LogP contribution is -2.44. The average Bonchev–Trinajstić information content (AvgIpc) is 3.49. The van der Waals surface area contributed by atoms with Crippen LogP contribution in [-0.2, 0) is 14.3 Å². The van der Waals surface area contributed by atoms with Crippen LogP contribution in [0, 0.1) is 11.8 Å². The molecule has 1 fully saturated rings. The molecule has 1 aromatic rings. The van der Waals surface area contributed by atoms with E-state index in [2.05, 4.69) is 15.4 Å². The van der Waals surface area contributed by atoms with E-state index in [4.69, 9.17) is 9.47 Å². The molecule has 0 radical (unpaired) electrons. The normalized spacial score (nSPS) is 19.6. The Labute approximate surface area is 172 Å². The number of carbonyl (C=O) groups excluding carboxylic acids is 2. The Morgan fingerprint density at radius 2 is 2.00 bits per heavy atom. The van der Waals surface area contributed by atoms with Crippen molar-refractivity contribution in [1.82, 2.24) is 0 Å². The highest BCUT2D eigenvalue weighted by molar-refractivity contribution is 5.86. The Morgan fingerprint density at radius 3 is 2.60 bits per heavy atom. The number of hydrogen-bond acceptors (Lipinski definition) is 6. The Balaban J connectivity index is 1.63. The van der Waals surface area contributed by atoms with Crippen LogP contribution in [0.5, 0.6) is 5.75 Å². The van der Waals surface area contributed by atoms with Gasteiger partial charge in [-0.05, 0) is 50.8 Å². The van der Waals surface area contributed by atoms with Crippen molar-refractivity contribution in [1.29, 1.82) is 0 Å². The summed E-state index contributed by atoms with van der Waals surface area (Å²) in [5.41, 5.74) is -1.76. The second-order valence-corrected chi connectivity index (χ2v) is 8.05. The number of esters is 1. The maximum Gasteiger partial charge on any atom is 0.427 e. The van der Waals surface area contributed by atoms with Crippen molar-refractivity contribution in [3.8, 4) is 5.75 Å². The number of ether oxygens (including phenoxy) is 3. The van der Waals surface area contributed by atoms with Gasteiger partial charge in [-0.3, -0.25) is 10.1 Å². The summed E-state index contributed by atoms with van der Waals surface area (Å²) in [6.45, 7) is 2.01. The molecule has 1 saturated carbocycles. The summed E-state index contributed by atoms with van der Waals surface area (Å²) < 4.78 is 53.9. The molecule has 0 aromatic heterocycles. The summed E-state index contributed by atoms with van der Waals surface area (Å²) in [5, 5.41) is 5.50. The first kappa shape index (κ1) is 22.0. The number of methoxy groups -OCH3 is 1. The van der Waals surface area contributed by atoms with Crippen molar-refractivity contribution in [2.45, 2.75) is 51.0 Å². The Bertz CT molecular complexity index is 808. The number of hydrogen-bond donors (Lipinski definition) is 2. The van der Waals surface area contributed by atoms with Crippen LogP contribution in [0.4, 0.5) is 29.3 Å². The minimum absolute atomic E-state index is 0.0375. The molecule has 1 aliphatic carbocycles. The number of carbonyl (C=O) groups is 2. The zero-order chi connectivity index (χ0) is 22.1. The lowest BCUT2D eigenvalue weighted by atomic mass is 9.92. The predicted octanol–water partition coefficient (Wildman–Crippen LogP) is 4.34. The number of benzene rings is 1. The standard InChI is InChI=1S/C20H25F3N2O5/c1-19(2,20(21,22)23)30-18(27)25-12-6-7-15-14(8-12)24-10-16(29-15)13(11-4-5-11)9-17(26)28-3/h6-8,11,13,16,24H,4-5,9-10H2,1-3H3,(H,25,27)/t13?,16-/m1/s1. The van der Waals surface area contributed by atoms with Crippen molar-refractivity contribution < 1.29 is 37.0 Å². The van der Waals surface area contributed by atoms with Gasteiger partial charge in [-0.1, -0.05) is 0 Å². The van der Waals surface area contributed by atoms with Crippen molar-refractivity contribution in [2.24, 2.45) is 11.8 Å². The quantitative estimate of drug-likeness (QED) is 0.653. The molecule has 0 bridgehead atoms. The van der Waals surface area contributed by atoms with E-state index < -0.39 is 17.9 Å². The highest BCUT2D eigenvalue weighted by atomic mass is 19.4. The van der Waals surface area contributed by atoms with E-state index >= 15 is 0 Å². The van der Waals surface area contributed by atoms with Crippen molar-refractivity contribution >= 4 is 23.4 Å². The zero-order valence-corrected chi connectivity index (χ0v) is 17.0. The molecule has 3 rings (SSSR count). The Kier molecular flexibility index (Phi) is 6.05. The predicted molar refractivity (Wildman–Crippen MR) is 102 cm³/mol. The van der Waals surface area contributed by atoms with E-state index in [9.17, 15) is 22.8 Å². The molecule has 10 heteroatoms. The lowest BCUT2D eigenvalue weighted by Gasteiger charge is -2.33. The number of alkyl halides is 3. The van der Waals surface area contributed by atoms with Gasteiger partial charge in [0.2, 0.25) is 5.60 Å². The van der Waals surface area contributed by atoms with Crippen LogP contribution in [-0.4, -0.2) is 43.6 Å². The van der Waals surface area contributed by atoms with E-state index in [0.29, 0.717) is 23.9 Å². The molecule has 166 valence electrons.